The lowest BCUT2D eigenvalue weighted by atomic mass is 10.0. The van der Waals surface area contributed by atoms with Crippen LogP contribution in [0.1, 0.15) is 31.7 Å². The van der Waals surface area contributed by atoms with Gasteiger partial charge in [-0.05, 0) is 42.2 Å². The van der Waals surface area contributed by atoms with Gasteiger partial charge in [0.2, 0.25) is 0 Å². The molecule has 0 bridgehead atoms. The predicted molar refractivity (Wildman–Crippen MR) is 90.4 cm³/mol. The second kappa shape index (κ2) is 6.65. The Bertz CT molecular complexity index is 729. The molecular formula is C19H22N2O. The van der Waals surface area contributed by atoms with Crippen molar-refractivity contribution in [1.82, 2.24) is 9.55 Å². The zero-order valence-corrected chi connectivity index (χ0v) is 13.2. The van der Waals surface area contributed by atoms with Gasteiger partial charge in [0.15, 0.2) is 0 Å². The van der Waals surface area contributed by atoms with E-state index in [0.29, 0.717) is 12.5 Å². The number of hydrogen-bond donors (Lipinski definition) is 0. The Balaban J connectivity index is 1.51. The Labute approximate surface area is 131 Å². The number of nitrogens with zero attached hydrogens (tertiary/aromatic N) is 2. The maximum Gasteiger partial charge on any atom is 0.119 e. The molecule has 0 aliphatic heterocycles. The maximum atomic E-state index is 5.82. The predicted octanol–water partition coefficient (Wildman–Crippen LogP) is 4.63. The standard InChI is InChI=1S/C19H22N2O/c1-15(2)16-8-10-17(11-9-16)22-13-5-12-21-14-20-18-6-3-4-7-19(18)21/h3-4,6-11,14-15H,5,12-13H2,1-2H3. The highest BCUT2D eigenvalue weighted by Gasteiger charge is 2.02. The Morgan fingerprint density at radius 2 is 1.82 bits per heavy atom. The molecule has 0 unspecified atom stereocenters. The van der Waals surface area contributed by atoms with Crippen molar-refractivity contribution >= 4 is 11.0 Å². The van der Waals surface area contributed by atoms with E-state index in [4.69, 9.17) is 4.74 Å². The van der Waals surface area contributed by atoms with Crippen LogP contribution in [0.25, 0.3) is 11.0 Å². The van der Waals surface area contributed by atoms with E-state index >= 15 is 0 Å². The van der Waals surface area contributed by atoms with Gasteiger partial charge in [-0.1, -0.05) is 38.1 Å². The van der Waals surface area contributed by atoms with Gasteiger partial charge >= 0.3 is 0 Å². The molecule has 114 valence electrons. The van der Waals surface area contributed by atoms with Crippen molar-refractivity contribution < 1.29 is 4.74 Å². The molecule has 1 heterocycles. The van der Waals surface area contributed by atoms with Crippen LogP contribution < -0.4 is 4.74 Å². The average Bonchev–Trinajstić information content (AvgIpc) is 2.95. The summed E-state index contributed by atoms with van der Waals surface area (Å²) in [5.74, 6) is 1.50. The van der Waals surface area contributed by atoms with Crippen LogP contribution in [-0.4, -0.2) is 16.2 Å². The first-order valence-electron chi connectivity index (χ1n) is 7.86. The molecule has 2 aromatic carbocycles. The molecule has 22 heavy (non-hydrogen) atoms. The average molecular weight is 294 g/mol. The van der Waals surface area contributed by atoms with Gasteiger partial charge in [0.1, 0.15) is 5.75 Å². The fraction of sp³-hybridized carbons (Fsp3) is 0.316. The molecule has 0 saturated heterocycles. The van der Waals surface area contributed by atoms with Crippen LogP contribution in [0, 0.1) is 0 Å². The molecular weight excluding hydrogens is 272 g/mol. The van der Waals surface area contributed by atoms with Gasteiger partial charge in [-0.25, -0.2) is 4.98 Å². The van der Waals surface area contributed by atoms with Gasteiger partial charge in [0.05, 0.1) is 24.0 Å². The summed E-state index contributed by atoms with van der Waals surface area (Å²) in [6.45, 7) is 6.04. The van der Waals surface area contributed by atoms with Crippen LogP contribution in [0.2, 0.25) is 0 Å². The minimum atomic E-state index is 0.559. The van der Waals surface area contributed by atoms with Gasteiger partial charge in [-0.2, -0.15) is 0 Å². The van der Waals surface area contributed by atoms with Crippen LogP contribution in [0.15, 0.2) is 54.9 Å². The molecule has 0 saturated carbocycles. The second-order valence-electron chi connectivity index (χ2n) is 5.85. The maximum absolute atomic E-state index is 5.82. The van der Waals surface area contributed by atoms with Crippen LogP contribution >= 0.6 is 0 Å². The second-order valence-corrected chi connectivity index (χ2v) is 5.85. The normalized spacial score (nSPS) is 11.2. The summed E-state index contributed by atoms with van der Waals surface area (Å²) in [7, 11) is 0. The third-order valence-electron chi connectivity index (χ3n) is 3.89. The number of aromatic nitrogens is 2. The molecule has 3 aromatic rings. The van der Waals surface area contributed by atoms with Gasteiger partial charge in [0, 0.05) is 6.54 Å². The third-order valence-corrected chi connectivity index (χ3v) is 3.89. The smallest absolute Gasteiger partial charge is 0.119 e. The first-order valence-corrected chi connectivity index (χ1v) is 7.86. The number of imidazole rings is 1. The van der Waals surface area contributed by atoms with Crippen LogP contribution in [0.5, 0.6) is 5.75 Å². The Morgan fingerprint density at radius 1 is 1.05 bits per heavy atom. The van der Waals surface area contributed by atoms with Crippen molar-refractivity contribution in [3.05, 3.63) is 60.4 Å². The first-order chi connectivity index (χ1) is 10.7. The van der Waals surface area contributed by atoms with Crippen LogP contribution in [0.4, 0.5) is 0 Å². The summed E-state index contributed by atoms with van der Waals surface area (Å²) >= 11 is 0. The lowest BCUT2D eigenvalue weighted by molar-refractivity contribution is 0.302. The minimum Gasteiger partial charge on any atom is -0.494 e. The molecule has 3 heteroatoms. The Morgan fingerprint density at radius 3 is 2.59 bits per heavy atom. The van der Waals surface area contributed by atoms with E-state index in [1.807, 2.05) is 24.5 Å². The summed E-state index contributed by atoms with van der Waals surface area (Å²) in [4.78, 5) is 4.40. The fourth-order valence-electron chi connectivity index (χ4n) is 2.56. The van der Waals surface area contributed by atoms with E-state index in [-0.39, 0.29) is 0 Å². The number of fused-ring (bicyclic) bond motifs is 1. The zero-order chi connectivity index (χ0) is 15.4. The van der Waals surface area contributed by atoms with Gasteiger partial charge in [-0.3, -0.25) is 0 Å². The summed E-state index contributed by atoms with van der Waals surface area (Å²) < 4.78 is 8.00. The van der Waals surface area contributed by atoms with Crippen molar-refractivity contribution in [2.75, 3.05) is 6.61 Å². The minimum absolute atomic E-state index is 0.559. The van der Waals surface area contributed by atoms with Crippen LogP contribution in [0.3, 0.4) is 0 Å². The third kappa shape index (κ3) is 3.30. The largest absolute Gasteiger partial charge is 0.494 e. The number of aryl methyl sites for hydroxylation is 1. The number of benzene rings is 2. The van der Waals surface area contributed by atoms with Gasteiger partial charge < -0.3 is 9.30 Å². The van der Waals surface area contributed by atoms with E-state index in [0.717, 1.165) is 24.2 Å². The van der Waals surface area contributed by atoms with Gasteiger partial charge in [0.25, 0.3) is 0 Å². The zero-order valence-electron chi connectivity index (χ0n) is 13.2. The summed E-state index contributed by atoms with van der Waals surface area (Å²) in [5, 5.41) is 0. The molecule has 0 spiro atoms. The molecule has 0 aliphatic rings. The first kappa shape index (κ1) is 14.6. The van der Waals surface area contributed by atoms with E-state index in [2.05, 4.69) is 53.7 Å². The number of hydrogen-bond acceptors (Lipinski definition) is 2. The topological polar surface area (TPSA) is 27.1 Å². The molecule has 0 atom stereocenters. The number of para-hydroxylation sites is 2. The van der Waals surface area contributed by atoms with Crippen molar-refractivity contribution in [3.63, 3.8) is 0 Å². The molecule has 0 fully saturated rings. The molecule has 3 nitrogen and oxygen atoms in total. The lowest BCUT2D eigenvalue weighted by Gasteiger charge is -2.09. The Hall–Kier alpha value is -2.29. The highest BCUT2D eigenvalue weighted by molar-refractivity contribution is 5.74. The SMILES string of the molecule is CC(C)c1ccc(OCCCn2cnc3ccccc32)cc1. The van der Waals surface area contributed by atoms with E-state index in [1.165, 1.54) is 11.1 Å². The van der Waals surface area contributed by atoms with E-state index in [1.54, 1.807) is 0 Å². The monoisotopic (exact) mass is 294 g/mol. The van der Waals surface area contributed by atoms with Crippen molar-refractivity contribution in [1.29, 1.82) is 0 Å². The van der Waals surface area contributed by atoms with Crippen LogP contribution in [-0.2, 0) is 6.54 Å². The fourth-order valence-corrected chi connectivity index (χ4v) is 2.56. The highest BCUT2D eigenvalue weighted by Crippen LogP contribution is 2.19. The summed E-state index contributed by atoms with van der Waals surface area (Å²) in [6, 6.07) is 16.6. The van der Waals surface area contributed by atoms with Crippen molar-refractivity contribution in [2.45, 2.75) is 32.7 Å². The number of ether oxygens (including phenoxy) is 1. The summed E-state index contributed by atoms with van der Waals surface area (Å²) in [6.07, 6.45) is 2.87. The molecule has 0 aliphatic carbocycles. The van der Waals surface area contributed by atoms with Crippen molar-refractivity contribution in [2.24, 2.45) is 0 Å². The molecule has 1 aromatic heterocycles. The van der Waals surface area contributed by atoms with E-state index in [9.17, 15) is 0 Å². The van der Waals surface area contributed by atoms with Gasteiger partial charge in [-0.15, -0.1) is 0 Å². The lowest BCUT2D eigenvalue weighted by Crippen LogP contribution is -2.03. The molecule has 0 amide bonds. The Kier molecular flexibility index (Phi) is 4.42. The molecule has 3 rings (SSSR count). The van der Waals surface area contributed by atoms with Crippen molar-refractivity contribution in [3.8, 4) is 5.75 Å². The van der Waals surface area contributed by atoms with E-state index < -0.39 is 0 Å². The molecule has 0 radical (unpaired) electrons. The summed E-state index contributed by atoms with van der Waals surface area (Å²) in [5.41, 5.74) is 3.58. The number of rotatable bonds is 6. The quantitative estimate of drug-likeness (QED) is 0.620. The highest BCUT2D eigenvalue weighted by atomic mass is 16.5. The molecule has 0 N–H and O–H groups in total.